The van der Waals surface area contributed by atoms with Crippen LogP contribution in [-0.4, -0.2) is 12.5 Å². The Balaban J connectivity index is 1.82. The standard InChI is InChI=1S/C15H15NO3/c1-10-11(6-8-18-10)15(17)16-13-7-9-19-14-5-3-2-4-12(13)14/h2-6,8,13H,7,9H2,1H3,(H,16,17). The van der Waals surface area contributed by atoms with Gasteiger partial charge in [0, 0.05) is 12.0 Å². The molecule has 0 fully saturated rings. The van der Waals surface area contributed by atoms with Gasteiger partial charge < -0.3 is 14.5 Å². The van der Waals surface area contributed by atoms with Crippen LogP contribution in [0.3, 0.4) is 0 Å². The Morgan fingerprint density at radius 1 is 1.32 bits per heavy atom. The smallest absolute Gasteiger partial charge is 0.255 e. The average Bonchev–Trinajstić information content (AvgIpc) is 2.85. The first kappa shape index (κ1) is 11.8. The number of hydrogen-bond donors (Lipinski definition) is 1. The lowest BCUT2D eigenvalue weighted by Gasteiger charge is -2.26. The minimum atomic E-state index is -0.104. The zero-order chi connectivity index (χ0) is 13.2. The van der Waals surface area contributed by atoms with Gasteiger partial charge in [0.2, 0.25) is 0 Å². The van der Waals surface area contributed by atoms with Crippen LogP contribution in [0.1, 0.15) is 34.1 Å². The normalized spacial score (nSPS) is 17.4. The van der Waals surface area contributed by atoms with Gasteiger partial charge in [0.1, 0.15) is 11.5 Å². The highest BCUT2D eigenvalue weighted by Gasteiger charge is 2.23. The molecule has 2 aromatic rings. The monoisotopic (exact) mass is 257 g/mol. The first-order chi connectivity index (χ1) is 9.25. The minimum Gasteiger partial charge on any atom is -0.493 e. The molecule has 2 heterocycles. The molecule has 0 saturated heterocycles. The summed E-state index contributed by atoms with van der Waals surface area (Å²) in [6.45, 7) is 2.40. The summed E-state index contributed by atoms with van der Waals surface area (Å²) in [5, 5.41) is 3.04. The lowest BCUT2D eigenvalue weighted by Crippen LogP contribution is -2.32. The van der Waals surface area contributed by atoms with Crippen LogP contribution in [0.4, 0.5) is 0 Å². The number of hydrogen-bond acceptors (Lipinski definition) is 3. The van der Waals surface area contributed by atoms with Crippen molar-refractivity contribution in [3.05, 3.63) is 53.5 Å². The highest BCUT2D eigenvalue weighted by Crippen LogP contribution is 2.31. The molecule has 1 atom stereocenters. The molecule has 4 heteroatoms. The van der Waals surface area contributed by atoms with Crippen molar-refractivity contribution in [3.8, 4) is 5.75 Å². The number of carbonyl (C=O) groups excluding carboxylic acids is 1. The molecule has 4 nitrogen and oxygen atoms in total. The number of rotatable bonds is 2. The molecule has 19 heavy (non-hydrogen) atoms. The van der Waals surface area contributed by atoms with E-state index in [0.29, 0.717) is 17.9 Å². The second-order valence-electron chi connectivity index (χ2n) is 4.59. The second-order valence-corrected chi connectivity index (χ2v) is 4.59. The zero-order valence-electron chi connectivity index (χ0n) is 10.7. The Labute approximate surface area is 111 Å². The quantitative estimate of drug-likeness (QED) is 0.900. The summed E-state index contributed by atoms with van der Waals surface area (Å²) < 4.78 is 10.7. The van der Waals surface area contributed by atoms with E-state index in [1.807, 2.05) is 24.3 Å². The molecule has 0 saturated carbocycles. The van der Waals surface area contributed by atoms with Crippen LogP contribution in [-0.2, 0) is 0 Å². The van der Waals surface area contributed by atoms with E-state index < -0.39 is 0 Å². The van der Waals surface area contributed by atoms with E-state index in [0.717, 1.165) is 17.7 Å². The summed E-state index contributed by atoms with van der Waals surface area (Å²) in [4.78, 5) is 12.2. The Kier molecular flexibility index (Phi) is 2.99. The molecule has 1 aromatic carbocycles. The third-order valence-electron chi connectivity index (χ3n) is 3.37. The topological polar surface area (TPSA) is 51.5 Å². The van der Waals surface area contributed by atoms with E-state index in [1.54, 1.807) is 13.0 Å². The van der Waals surface area contributed by atoms with Gasteiger partial charge in [-0.05, 0) is 19.1 Å². The molecule has 1 amide bonds. The number of aryl methyl sites for hydroxylation is 1. The van der Waals surface area contributed by atoms with E-state index in [4.69, 9.17) is 9.15 Å². The highest BCUT2D eigenvalue weighted by atomic mass is 16.5. The molecule has 1 N–H and O–H groups in total. The summed E-state index contributed by atoms with van der Waals surface area (Å²) in [6.07, 6.45) is 2.31. The lowest BCUT2D eigenvalue weighted by molar-refractivity contribution is 0.0923. The van der Waals surface area contributed by atoms with Gasteiger partial charge >= 0.3 is 0 Å². The predicted octanol–water partition coefficient (Wildman–Crippen LogP) is 2.84. The number of amides is 1. The average molecular weight is 257 g/mol. The Morgan fingerprint density at radius 2 is 2.16 bits per heavy atom. The number of para-hydroxylation sites is 1. The van der Waals surface area contributed by atoms with Crippen molar-refractivity contribution in [2.75, 3.05) is 6.61 Å². The summed E-state index contributed by atoms with van der Waals surface area (Å²) >= 11 is 0. The van der Waals surface area contributed by atoms with Gasteiger partial charge in [-0.1, -0.05) is 18.2 Å². The van der Waals surface area contributed by atoms with Crippen molar-refractivity contribution in [1.82, 2.24) is 5.32 Å². The maximum absolute atomic E-state index is 12.2. The van der Waals surface area contributed by atoms with Crippen molar-refractivity contribution in [1.29, 1.82) is 0 Å². The van der Waals surface area contributed by atoms with Crippen LogP contribution in [0.15, 0.2) is 41.0 Å². The summed E-state index contributed by atoms with van der Waals surface area (Å²) in [6, 6.07) is 9.49. The molecule has 98 valence electrons. The molecule has 0 bridgehead atoms. The van der Waals surface area contributed by atoms with Gasteiger partial charge in [0.15, 0.2) is 0 Å². The van der Waals surface area contributed by atoms with E-state index in [9.17, 15) is 4.79 Å². The second kappa shape index (κ2) is 4.80. The molecule has 1 aliphatic rings. The third-order valence-corrected chi connectivity index (χ3v) is 3.37. The van der Waals surface area contributed by atoms with Crippen LogP contribution in [0, 0.1) is 6.92 Å². The molecular formula is C15H15NO3. The zero-order valence-corrected chi connectivity index (χ0v) is 10.7. The number of nitrogens with one attached hydrogen (secondary N) is 1. The fourth-order valence-electron chi connectivity index (χ4n) is 2.35. The van der Waals surface area contributed by atoms with Crippen LogP contribution >= 0.6 is 0 Å². The SMILES string of the molecule is Cc1occc1C(=O)NC1CCOc2ccccc21. The van der Waals surface area contributed by atoms with E-state index in [-0.39, 0.29) is 11.9 Å². The molecule has 3 rings (SSSR count). The Hall–Kier alpha value is -2.23. The van der Waals surface area contributed by atoms with E-state index >= 15 is 0 Å². The van der Waals surface area contributed by atoms with Crippen LogP contribution in [0.25, 0.3) is 0 Å². The van der Waals surface area contributed by atoms with Crippen molar-refractivity contribution in [2.24, 2.45) is 0 Å². The van der Waals surface area contributed by atoms with Crippen molar-refractivity contribution >= 4 is 5.91 Å². The number of carbonyl (C=O) groups is 1. The Morgan fingerprint density at radius 3 is 2.95 bits per heavy atom. The van der Waals surface area contributed by atoms with E-state index in [1.165, 1.54) is 6.26 Å². The van der Waals surface area contributed by atoms with E-state index in [2.05, 4.69) is 5.32 Å². The maximum atomic E-state index is 12.2. The van der Waals surface area contributed by atoms with Crippen molar-refractivity contribution in [3.63, 3.8) is 0 Å². The molecule has 1 aromatic heterocycles. The van der Waals surface area contributed by atoms with Gasteiger partial charge in [-0.15, -0.1) is 0 Å². The number of benzene rings is 1. The molecule has 0 spiro atoms. The largest absolute Gasteiger partial charge is 0.493 e. The van der Waals surface area contributed by atoms with Gasteiger partial charge in [0.05, 0.1) is 24.5 Å². The number of fused-ring (bicyclic) bond motifs is 1. The molecular weight excluding hydrogens is 242 g/mol. The first-order valence-electron chi connectivity index (χ1n) is 6.32. The third kappa shape index (κ3) is 2.21. The summed E-state index contributed by atoms with van der Waals surface area (Å²) in [7, 11) is 0. The van der Waals surface area contributed by atoms with Crippen molar-refractivity contribution < 1.29 is 13.9 Å². The van der Waals surface area contributed by atoms with Gasteiger partial charge in [-0.2, -0.15) is 0 Å². The summed E-state index contributed by atoms with van der Waals surface area (Å²) in [5.41, 5.74) is 1.62. The lowest BCUT2D eigenvalue weighted by atomic mass is 10.0. The predicted molar refractivity (Wildman–Crippen MR) is 70.2 cm³/mol. The minimum absolute atomic E-state index is 0.00764. The molecule has 0 radical (unpaired) electrons. The van der Waals surface area contributed by atoms with Gasteiger partial charge in [-0.25, -0.2) is 0 Å². The van der Waals surface area contributed by atoms with Crippen molar-refractivity contribution in [2.45, 2.75) is 19.4 Å². The summed E-state index contributed by atoms with van der Waals surface area (Å²) in [5.74, 6) is 1.38. The first-order valence-corrected chi connectivity index (χ1v) is 6.32. The number of ether oxygens (including phenoxy) is 1. The van der Waals surface area contributed by atoms with Gasteiger partial charge in [0.25, 0.3) is 5.91 Å². The van der Waals surface area contributed by atoms with Crippen LogP contribution in [0.2, 0.25) is 0 Å². The number of furan rings is 1. The Bertz CT molecular complexity index is 603. The maximum Gasteiger partial charge on any atom is 0.255 e. The molecule has 1 unspecified atom stereocenters. The van der Waals surface area contributed by atoms with Gasteiger partial charge in [-0.3, -0.25) is 4.79 Å². The molecule has 0 aliphatic carbocycles. The fourth-order valence-corrected chi connectivity index (χ4v) is 2.35. The fraction of sp³-hybridized carbons (Fsp3) is 0.267. The highest BCUT2D eigenvalue weighted by molar-refractivity contribution is 5.95. The van der Waals surface area contributed by atoms with Crippen LogP contribution in [0.5, 0.6) is 5.75 Å². The van der Waals surface area contributed by atoms with Crippen LogP contribution < -0.4 is 10.1 Å². The molecule has 1 aliphatic heterocycles.